The van der Waals surface area contributed by atoms with Gasteiger partial charge in [0, 0.05) is 15.6 Å². The molecule has 0 saturated carbocycles. The van der Waals surface area contributed by atoms with Crippen LogP contribution in [0.5, 0.6) is 0 Å². The Balaban J connectivity index is 1.71. The van der Waals surface area contributed by atoms with Gasteiger partial charge in [-0.25, -0.2) is 4.39 Å². The Morgan fingerprint density at radius 1 is 0.714 bits per heavy atom. The van der Waals surface area contributed by atoms with E-state index in [1.807, 2.05) is 60.7 Å². The average molecular weight is 507 g/mol. The summed E-state index contributed by atoms with van der Waals surface area (Å²) >= 11 is 12.5. The third-order valence-corrected chi connectivity index (χ3v) is 6.04. The Hall–Kier alpha value is -3.67. The molecule has 0 radical (unpaired) electrons. The Morgan fingerprint density at radius 3 is 1.86 bits per heavy atom. The van der Waals surface area contributed by atoms with Crippen molar-refractivity contribution >= 4 is 35.0 Å². The highest BCUT2D eigenvalue weighted by Crippen LogP contribution is 2.29. The van der Waals surface area contributed by atoms with Gasteiger partial charge in [0.25, 0.3) is 5.91 Å². The van der Waals surface area contributed by atoms with Crippen LogP contribution in [0.3, 0.4) is 0 Å². The molecule has 0 fully saturated rings. The highest BCUT2D eigenvalue weighted by atomic mass is 35.5. The number of hydrogen-bond donors (Lipinski definition) is 2. The van der Waals surface area contributed by atoms with Crippen LogP contribution in [-0.4, -0.2) is 11.8 Å². The number of amides is 2. The summed E-state index contributed by atoms with van der Waals surface area (Å²) in [6.07, 6.45) is 0. The minimum atomic E-state index is -1.21. The Labute approximate surface area is 212 Å². The van der Waals surface area contributed by atoms with Crippen molar-refractivity contribution in [1.82, 2.24) is 10.6 Å². The number of rotatable bonds is 7. The maximum Gasteiger partial charge on any atom is 0.255 e. The molecule has 7 heteroatoms. The lowest BCUT2D eigenvalue weighted by atomic mass is 9.97. The first-order chi connectivity index (χ1) is 16.9. The highest BCUT2D eigenvalue weighted by molar-refractivity contribution is 6.35. The lowest BCUT2D eigenvalue weighted by Gasteiger charge is -2.25. The number of hydrogen-bond acceptors (Lipinski definition) is 2. The van der Waals surface area contributed by atoms with Gasteiger partial charge in [-0.3, -0.25) is 9.59 Å². The number of benzene rings is 4. The smallest absolute Gasteiger partial charge is 0.255 e. The summed E-state index contributed by atoms with van der Waals surface area (Å²) in [5.41, 5.74) is 1.86. The zero-order chi connectivity index (χ0) is 24.8. The molecule has 0 saturated heterocycles. The topological polar surface area (TPSA) is 58.2 Å². The van der Waals surface area contributed by atoms with Crippen molar-refractivity contribution in [3.8, 4) is 0 Å². The Bertz CT molecular complexity index is 1290. The van der Waals surface area contributed by atoms with Crippen molar-refractivity contribution in [3.63, 3.8) is 0 Å². The van der Waals surface area contributed by atoms with Crippen LogP contribution in [0.2, 0.25) is 10.0 Å². The summed E-state index contributed by atoms with van der Waals surface area (Å²) in [5.74, 6) is -1.96. The van der Waals surface area contributed by atoms with Crippen LogP contribution in [0.25, 0.3) is 0 Å². The molecule has 4 rings (SSSR count). The summed E-state index contributed by atoms with van der Waals surface area (Å²) in [6, 6.07) is 27.4. The normalized spacial score (nSPS) is 11.7. The van der Waals surface area contributed by atoms with Crippen LogP contribution in [-0.2, 0) is 4.79 Å². The molecule has 0 aromatic heterocycles. The quantitative estimate of drug-likeness (QED) is 0.300. The van der Waals surface area contributed by atoms with Gasteiger partial charge < -0.3 is 10.6 Å². The molecule has 4 aromatic rings. The van der Waals surface area contributed by atoms with E-state index in [-0.39, 0.29) is 10.6 Å². The first-order valence-corrected chi connectivity index (χ1v) is 11.6. The molecule has 4 aromatic carbocycles. The molecule has 176 valence electrons. The molecule has 1 atom stereocenters. The summed E-state index contributed by atoms with van der Waals surface area (Å²) in [5, 5.41) is 6.24. The standard InChI is InChI=1S/C28H21Cl2FN2O2/c29-20-15-16-21(23(30)17-20)26(33-27(34)22-13-7-8-14-24(22)31)28(35)32-25(18-9-3-1-4-10-18)19-11-5-2-6-12-19/h1-17,25-26H,(H,32,35)(H,33,34). The number of carbonyl (C=O) groups is 2. The van der Waals surface area contributed by atoms with Gasteiger partial charge in [-0.1, -0.05) is 102 Å². The van der Waals surface area contributed by atoms with Crippen molar-refractivity contribution in [2.75, 3.05) is 0 Å². The van der Waals surface area contributed by atoms with Crippen molar-refractivity contribution in [2.45, 2.75) is 12.1 Å². The van der Waals surface area contributed by atoms with Crippen molar-refractivity contribution in [2.24, 2.45) is 0 Å². The van der Waals surface area contributed by atoms with Crippen LogP contribution in [0.15, 0.2) is 103 Å². The summed E-state index contributed by atoms with van der Waals surface area (Å²) < 4.78 is 14.3. The second-order valence-corrected chi connectivity index (χ2v) is 8.66. The average Bonchev–Trinajstić information content (AvgIpc) is 2.87. The summed E-state index contributed by atoms with van der Waals surface area (Å²) in [7, 11) is 0. The number of carbonyl (C=O) groups excluding carboxylic acids is 2. The zero-order valence-corrected chi connectivity index (χ0v) is 19.9. The van der Waals surface area contributed by atoms with Crippen LogP contribution in [0.4, 0.5) is 4.39 Å². The van der Waals surface area contributed by atoms with Gasteiger partial charge in [-0.15, -0.1) is 0 Å². The fourth-order valence-electron chi connectivity index (χ4n) is 3.75. The SMILES string of the molecule is O=C(NC(C(=O)NC(c1ccccc1)c1ccccc1)c1ccc(Cl)cc1Cl)c1ccccc1F. The molecule has 0 aliphatic rings. The largest absolute Gasteiger partial charge is 0.343 e. The van der Waals surface area contributed by atoms with Gasteiger partial charge in [0.15, 0.2) is 0 Å². The molecule has 1 unspecified atom stereocenters. The molecule has 0 spiro atoms. The van der Waals surface area contributed by atoms with Crippen molar-refractivity contribution in [3.05, 3.63) is 141 Å². The molecule has 2 N–H and O–H groups in total. The van der Waals surface area contributed by atoms with Gasteiger partial charge in [-0.2, -0.15) is 0 Å². The van der Waals surface area contributed by atoms with E-state index < -0.39 is 29.7 Å². The van der Waals surface area contributed by atoms with E-state index in [0.29, 0.717) is 10.6 Å². The lowest BCUT2D eigenvalue weighted by Crippen LogP contribution is -2.42. The molecule has 0 aliphatic carbocycles. The van der Waals surface area contributed by atoms with Crippen LogP contribution in [0.1, 0.15) is 39.1 Å². The number of nitrogens with one attached hydrogen (secondary N) is 2. The van der Waals surface area contributed by atoms with Crippen LogP contribution in [0, 0.1) is 5.82 Å². The molecule has 0 bridgehead atoms. The zero-order valence-electron chi connectivity index (χ0n) is 18.4. The fraction of sp³-hybridized carbons (Fsp3) is 0.0714. The summed E-state index contributed by atoms with van der Waals surface area (Å²) in [4.78, 5) is 26.6. The third-order valence-electron chi connectivity index (χ3n) is 5.48. The van der Waals surface area contributed by atoms with E-state index in [4.69, 9.17) is 23.2 Å². The van der Waals surface area contributed by atoms with E-state index in [0.717, 1.165) is 11.1 Å². The lowest BCUT2D eigenvalue weighted by molar-refractivity contribution is -0.123. The fourth-order valence-corrected chi connectivity index (χ4v) is 4.27. The van der Waals surface area contributed by atoms with Gasteiger partial charge in [-0.05, 0) is 35.4 Å². The van der Waals surface area contributed by atoms with E-state index in [1.54, 1.807) is 18.2 Å². The Morgan fingerprint density at radius 2 is 1.29 bits per heavy atom. The molecular formula is C28H21Cl2FN2O2. The maximum atomic E-state index is 14.3. The second kappa shape index (κ2) is 11.2. The van der Waals surface area contributed by atoms with Gasteiger partial charge >= 0.3 is 0 Å². The molecule has 35 heavy (non-hydrogen) atoms. The molecule has 0 heterocycles. The van der Waals surface area contributed by atoms with Crippen molar-refractivity contribution < 1.29 is 14.0 Å². The highest BCUT2D eigenvalue weighted by Gasteiger charge is 2.29. The predicted molar refractivity (Wildman–Crippen MR) is 136 cm³/mol. The summed E-state index contributed by atoms with van der Waals surface area (Å²) in [6.45, 7) is 0. The van der Waals surface area contributed by atoms with E-state index in [2.05, 4.69) is 10.6 Å². The first kappa shape index (κ1) is 24.5. The minimum absolute atomic E-state index is 0.182. The predicted octanol–water partition coefficient (Wildman–Crippen LogP) is 6.51. The molecule has 0 aliphatic heterocycles. The molecule has 4 nitrogen and oxygen atoms in total. The monoisotopic (exact) mass is 506 g/mol. The first-order valence-electron chi connectivity index (χ1n) is 10.8. The van der Waals surface area contributed by atoms with Gasteiger partial charge in [0.05, 0.1) is 11.6 Å². The van der Waals surface area contributed by atoms with E-state index in [9.17, 15) is 14.0 Å². The van der Waals surface area contributed by atoms with E-state index >= 15 is 0 Å². The Kier molecular flexibility index (Phi) is 7.80. The van der Waals surface area contributed by atoms with Crippen molar-refractivity contribution in [1.29, 1.82) is 0 Å². The molecular weight excluding hydrogens is 486 g/mol. The maximum absolute atomic E-state index is 14.3. The van der Waals surface area contributed by atoms with Gasteiger partial charge in [0.1, 0.15) is 11.9 Å². The van der Waals surface area contributed by atoms with Crippen LogP contribution >= 0.6 is 23.2 Å². The van der Waals surface area contributed by atoms with E-state index in [1.165, 1.54) is 24.3 Å². The molecule has 2 amide bonds. The second-order valence-electron chi connectivity index (χ2n) is 7.82. The van der Waals surface area contributed by atoms with Crippen LogP contribution < -0.4 is 10.6 Å². The third kappa shape index (κ3) is 5.88. The minimum Gasteiger partial charge on any atom is -0.343 e. The number of halogens is 3. The van der Waals surface area contributed by atoms with Gasteiger partial charge in [0.2, 0.25) is 5.91 Å².